The average Bonchev–Trinajstić information content (AvgIpc) is 3.02. The van der Waals surface area contributed by atoms with Gasteiger partial charge in [-0.05, 0) is 25.7 Å². The summed E-state index contributed by atoms with van der Waals surface area (Å²) in [5, 5.41) is 15.0. The van der Waals surface area contributed by atoms with Crippen molar-refractivity contribution in [1.82, 2.24) is 15.2 Å². The van der Waals surface area contributed by atoms with E-state index in [4.69, 9.17) is 4.98 Å². The van der Waals surface area contributed by atoms with Crippen LogP contribution in [0.2, 0.25) is 0 Å². The molecule has 0 amide bonds. The fourth-order valence-corrected chi connectivity index (χ4v) is 3.87. The highest BCUT2D eigenvalue weighted by atomic mass is 32.1. The summed E-state index contributed by atoms with van der Waals surface area (Å²) in [5.74, 6) is 0.669. The van der Waals surface area contributed by atoms with E-state index in [0.29, 0.717) is 5.92 Å². The SMILES string of the molecule is CCCNc1nnc(-c2sc(CC)nc2C2CC2)s1. The summed E-state index contributed by atoms with van der Waals surface area (Å²) >= 11 is 3.43. The lowest BCUT2D eigenvalue weighted by Crippen LogP contribution is -1.98. The third kappa shape index (κ3) is 2.79. The Morgan fingerprint density at radius 1 is 1.21 bits per heavy atom. The third-order valence-electron chi connectivity index (χ3n) is 3.11. The van der Waals surface area contributed by atoms with Gasteiger partial charge in [0, 0.05) is 12.5 Å². The summed E-state index contributed by atoms with van der Waals surface area (Å²) in [7, 11) is 0. The zero-order valence-corrected chi connectivity index (χ0v) is 12.9. The molecule has 1 saturated carbocycles. The summed E-state index contributed by atoms with van der Waals surface area (Å²) in [5.41, 5.74) is 1.26. The number of aromatic nitrogens is 3. The average molecular weight is 294 g/mol. The highest BCUT2D eigenvalue weighted by molar-refractivity contribution is 7.23. The zero-order chi connectivity index (χ0) is 13.2. The number of aryl methyl sites for hydroxylation is 1. The van der Waals surface area contributed by atoms with Gasteiger partial charge < -0.3 is 5.32 Å². The van der Waals surface area contributed by atoms with E-state index < -0.39 is 0 Å². The summed E-state index contributed by atoms with van der Waals surface area (Å²) in [6, 6.07) is 0. The third-order valence-corrected chi connectivity index (χ3v) is 5.36. The Morgan fingerprint density at radius 2 is 2.05 bits per heavy atom. The van der Waals surface area contributed by atoms with Crippen molar-refractivity contribution in [2.45, 2.75) is 45.4 Å². The molecule has 2 aromatic heterocycles. The number of nitrogens with zero attached hydrogens (tertiary/aromatic N) is 3. The lowest BCUT2D eigenvalue weighted by Gasteiger charge is -1.96. The van der Waals surface area contributed by atoms with Crippen molar-refractivity contribution in [2.75, 3.05) is 11.9 Å². The van der Waals surface area contributed by atoms with Crippen LogP contribution in [-0.2, 0) is 6.42 Å². The summed E-state index contributed by atoms with van der Waals surface area (Å²) in [6.45, 7) is 5.26. The maximum atomic E-state index is 4.78. The Labute approximate surface area is 121 Å². The summed E-state index contributed by atoms with van der Waals surface area (Å²) in [4.78, 5) is 6.03. The first kappa shape index (κ1) is 13.0. The smallest absolute Gasteiger partial charge is 0.206 e. The van der Waals surface area contributed by atoms with Crippen LogP contribution in [0.4, 0.5) is 5.13 Å². The predicted octanol–water partition coefficient (Wildman–Crippen LogP) is 3.92. The van der Waals surface area contributed by atoms with E-state index in [9.17, 15) is 0 Å². The van der Waals surface area contributed by atoms with Crippen molar-refractivity contribution in [3.63, 3.8) is 0 Å². The Morgan fingerprint density at radius 3 is 2.74 bits per heavy atom. The summed E-state index contributed by atoms with van der Waals surface area (Å²) in [6.07, 6.45) is 4.66. The molecule has 1 fully saturated rings. The van der Waals surface area contributed by atoms with Gasteiger partial charge in [-0.15, -0.1) is 21.5 Å². The van der Waals surface area contributed by atoms with Gasteiger partial charge in [0.1, 0.15) is 0 Å². The topological polar surface area (TPSA) is 50.7 Å². The minimum atomic E-state index is 0.669. The second-order valence-electron chi connectivity index (χ2n) is 4.79. The van der Waals surface area contributed by atoms with Crippen LogP contribution in [0.3, 0.4) is 0 Å². The number of anilines is 1. The van der Waals surface area contributed by atoms with Crippen LogP contribution in [0.25, 0.3) is 9.88 Å². The van der Waals surface area contributed by atoms with Crippen molar-refractivity contribution in [3.8, 4) is 9.88 Å². The van der Waals surface area contributed by atoms with Gasteiger partial charge in [-0.1, -0.05) is 25.2 Å². The van der Waals surface area contributed by atoms with Crippen LogP contribution in [-0.4, -0.2) is 21.7 Å². The molecular formula is C13H18N4S2. The van der Waals surface area contributed by atoms with Crippen LogP contribution >= 0.6 is 22.7 Å². The quantitative estimate of drug-likeness (QED) is 0.877. The molecular weight excluding hydrogens is 276 g/mol. The molecule has 2 aromatic rings. The van der Waals surface area contributed by atoms with E-state index >= 15 is 0 Å². The minimum Gasteiger partial charge on any atom is -0.360 e. The highest BCUT2D eigenvalue weighted by Gasteiger charge is 2.31. The molecule has 102 valence electrons. The Hall–Kier alpha value is -1.01. The van der Waals surface area contributed by atoms with Crippen molar-refractivity contribution in [1.29, 1.82) is 0 Å². The molecule has 2 heterocycles. The van der Waals surface area contributed by atoms with Gasteiger partial charge in [0.2, 0.25) is 5.13 Å². The highest BCUT2D eigenvalue weighted by Crippen LogP contribution is 2.46. The van der Waals surface area contributed by atoms with E-state index in [1.165, 1.54) is 28.4 Å². The lowest BCUT2D eigenvalue weighted by molar-refractivity contribution is 0.963. The van der Waals surface area contributed by atoms with Gasteiger partial charge >= 0.3 is 0 Å². The fraction of sp³-hybridized carbons (Fsp3) is 0.615. The molecule has 1 N–H and O–H groups in total. The predicted molar refractivity (Wildman–Crippen MR) is 81.2 cm³/mol. The van der Waals surface area contributed by atoms with Crippen molar-refractivity contribution in [3.05, 3.63) is 10.7 Å². The molecule has 0 unspecified atom stereocenters. The van der Waals surface area contributed by atoms with Crippen molar-refractivity contribution >= 4 is 27.8 Å². The van der Waals surface area contributed by atoms with E-state index in [1.54, 1.807) is 22.7 Å². The van der Waals surface area contributed by atoms with Crippen molar-refractivity contribution < 1.29 is 0 Å². The maximum absolute atomic E-state index is 4.78. The lowest BCUT2D eigenvalue weighted by atomic mass is 10.2. The Bertz CT molecular complexity index is 557. The molecule has 6 heteroatoms. The number of hydrogen-bond acceptors (Lipinski definition) is 6. The molecule has 1 aliphatic carbocycles. The maximum Gasteiger partial charge on any atom is 0.206 e. The van der Waals surface area contributed by atoms with E-state index in [0.717, 1.165) is 29.5 Å². The number of nitrogens with one attached hydrogen (secondary N) is 1. The molecule has 0 bridgehead atoms. The van der Waals surface area contributed by atoms with E-state index in [-0.39, 0.29) is 0 Å². The standard InChI is InChI=1S/C13H18N4S2/c1-3-7-14-13-17-16-12(19-13)11-10(8-5-6-8)15-9(4-2)18-11/h8H,3-7H2,1-2H3,(H,14,17). The molecule has 0 saturated heterocycles. The van der Waals surface area contributed by atoms with Crippen molar-refractivity contribution in [2.24, 2.45) is 0 Å². The van der Waals surface area contributed by atoms with Gasteiger partial charge in [-0.3, -0.25) is 0 Å². The number of hydrogen-bond donors (Lipinski definition) is 1. The van der Waals surface area contributed by atoms with Crippen LogP contribution in [0.5, 0.6) is 0 Å². The second kappa shape index (κ2) is 5.54. The van der Waals surface area contributed by atoms with Crippen LogP contribution < -0.4 is 5.32 Å². The van der Waals surface area contributed by atoms with Gasteiger partial charge in [0.15, 0.2) is 5.01 Å². The van der Waals surface area contributed by atoms with E-state index in [2.05, 4.69) is 29.4 Å². The van der Waals surface area contributed by atoms with Gasteiger partial charge in [0.05, 0.1) is 15.6 Å². The number of thiazole rings is 1. The molecule has 19 heavy (non-hydrogen) atoms. The van der Waals surface area contributed by atoms with E-state index in [1.807, 2.05) is 0 Å². The van der Waals surface area contributed by atoms with Gasteiger partial charge in [-0.25, -0.2) is 4.98 Å². The zero-order valence-electron chi connectivity index (χ0n) is 11.3. The molecule has 3 rings (SSSR count). The first-order valence-corrected chi connectivity index (χ1v) is 8.52. The Balaban J connectivity index is 1.87. The molecule has 1 aliphatic rings. The van der Waals surface area contributed by atoms with Gasteiger partial charge in [0.25, 0.3) is 0 Å². The molecule has 0 radical (unpaired) electrons. The second-order valence-corrected chi connectivity index (χ2v) is 6.85. The minimum absolute atomic E-state index is 0.669. The number of rotatable bonds is 6. The Kier molecular flexibility index (Phi) is 3.79. The van der Waals surface area contributed by atoms with Crippen LogP contribution in [0, 0.1) is 0 Å². The van der Waals surface area contributed by atoms with Gasteiger partial charge in [-0.2, -0.15) is 0 Å². The van der Waals surface area contributed by atoms with Crippen LogP contribution in [0.1, 0.15) is 49.7 Å². The molecule has 0 atom stereocenters. The fourth-order valence-electron chi connectivity index (χ4n) is 1.93. The summed E-state index contributed by atoms with van der Waals surface area (Å²) < 4.78 is 0. The molecule has 0 spiro atoms. The molecule has 4 nitrogen and oxygen atoms in total. The van der Waals surface area contributed by atoms with Crippen LogP contribution in [0.15, 0.2) is 0 Å². The largest absolute Gasteiger partial charge is 0.360 e. The molecule has 0 aliphatic heterocycles. The molecule has 0 aromatic carbocycles. The first-order valence-electron chi connectivity index (χ1n) is 6.89. The monoisotopic (exact) mass is 294 g/mol. The first-order chi connectivity index (χ1) is 9.31. The normalized spacial score (nSPS) is 14.8.